The van der Waals surface area contributed by atoms with Crippen LogP contribution in [0.3, 0.4) is 0 Å². The Bertz CT molecular complexity index is 1050. The number of hydrogen-bond donors (Lipinski definition) is 2. The Hall–Kier alpha value is -2.46. The quantitative estimate of drug-likeness (QED) is 0.440. The molecular weight excluding hydrogens is 376 g/mol. The summed E-state index contributed by atoms with van der Waals surface area (Å²) in [5.74, 6) is -0.356. The number of nitrogens with zero attached hydrogens (tertiary/aromatic N) is 3. The lowest BCUT2D eigenvalue weighted by Crippen LogP contribution is -2.28. The van der Waals surface area contributed by atoms with E-state index in [2.05, 4.69) is 5.10 Å². The number of hydrogen-bond acceptors (Lipinski definition) is 6. The molecule has 8 nitrogen and oxygen atoms in total. The van der Waals surface area contributed by atoms with Gasteiger partial charge in [-0.15, -0.1) is 0 Å². The van der Waals surface area contributed by atoms with Crippen LogP contribution in [-0.2, 0) is 23.1 Å². The highest BCUT2D eigenvalue weighted by atomic mass is 32.2. The van der Waals surface area contributed by atoms with Crippen molar-refractivity contribution in [3.63, 3.8) is 0 Å². The van der Waals surface area contributed by atoms with E-state index in [1.807, 2.05) is 11.8 Å². The number of nitrogens with one attached hydrogen (secondary N) is 1. The Morgan fingerprint density at radius 2 is 1.77 bits per heavy atom. The molecule has 0 fully saturated rings. The average molecular weight is 396 g/mol. The minimum Gasteiger partial charge on any atom is -0.494 e. The maximum Gasteiger partial charge on any atom is 0.276 e. The maximum absolute atomic E-state index is 12.4. The SMILES string of the molecule is CCn1c(O)c(/C=N\NS(=O)(=O)c2ccc(C)cc2)c(=O)n(CC)c1=S. The molecule has 10 heteroatoms. The lowest BCUT2D eigenvalue weighted by molar-refractivity contribution is 0.399. The van der Waals surface area contributed by atoms with Crippen LogP contribution in [-0.4, -0.2) is 28.9 Å². The maximum atomic E-state index is 12.4. The minimum atomic E-state index is -3.88. The number of aryl methyl sites for hydroxylation is 1. The molecule has 26 heavy (non-hydrogen) atoms. The van der Waals surface area contributed by atoms with Gasteiger partial charge in [-0.05, 0) is 45.1 Å². The predicted molar refractivity (Wildman–Crippen MR) is 102 cm³/mol. The summed E-state index contributed by atoms with van der Waals surface area (Å²) in [5, 5.41) is 13.9. The number of benzene rings is 1. The van der Waals surface area contributed by atoms with Crippen molar-refractivity contribution in [3.05, 3.63) is 50.5 Å². The molecule has 2 rings (SSSR count). The molecule has 0 saturated carbocycles. The van der Waals surface area contributed by atoms with Gasteiger partial charge in [0.1, 0.15) is 5.56 Å². The smallest absolute Gasteiger partial charge is 0.276 e. The summed E-state index contributed by atoms with van der Waals surface area (Å²) in [6.07, 6.45) is 0.983. The van der Waals surface area contributed by atoms with Gasteiger partial charge in [-0.25, -0.2) is 4.83 Å². The molecule has 0 aliphatic carbocycles. The van der Waals surface area contributed by atoms with Crippen molar-refractivity contribution in [2.24, 2.45) is 5.10 Å². The van der Waals surface area contributed by atoms with E-state index in [0.29, 0.717) is 13.1 Å². The zero-order valence-electron chi connectivity index (χ0n) is 14.6. The van der Waals surface area contributed by atoms with Crippen LogP contribution in [0.15, 0.2) is 39.1 Å². The molecule has 140 valence electrons. The molecule has 0 aliphatic rings. The van der Waals surface area contributed by atoms with E-state index in [0.717, 1.165) is 11.8 Å². The summed E-state index contributed by atoms with van der Waals surface area (Å²) in [6.45, 7) is 6.01. The fourth-order valence-corrected chi connectivity index (χ4v) is 3.54. The lowest BCUT2D eigenvalue weighted by atomic mass is 10.2. The van der Waals surface area contributed by atoms with E-state index in [4.69, 9.17) is 12.2 Å². The first-order chi connectivity index (χ1) is 12.2. The van der Waals surface area contributed by atoms with Gasteiger partial charge in [0.05, 0.1) is 11.1 Å². The third-order valence-corrected chi connectivity index (χ3v) is 5.44. The van der Waals surface area contributed by atoms with E-state index < -0.39 is 15.6 Å². The molecule has 0 aliphatic heterocycles. The van der Waals surface area contributed by atoms with Crippen LogP contribution in [0.4, 0.5) is 0 Å². The second-order valence-corrected chi connectivity index (χ2v) is 7.51. The third kappa shape index (κ3) is 3.86. The van der Waals surface area contributed by atoms with Crippen LogP contribution in [0.25, 0.3) is 0 Å². The standard InChI is InChI=1S/C16H20N4O4S2/c1-4-19-14(21)13(15(22)20(5-2)16(19)25)10-17-18-26(23,24)12-8-6-11(3)7-9-12/h6-10,18,21H,4-5H2,1-3H3/b17-10-. The van der Waals surface area contributed by atoms with Crippen molar-refractivity contribution in [1.29, 1.82) is 0 Å². The summed E-state index contributed by atoms with van der Waals surface area (Å²) >= 11 is 5.18. The van der Waals surface area contributed by atoms with Crippen molar-refractivity contribution in [2.45, 2.75) is 38.8 Å². The fraction of sp³-hybridized carbons (Fsp3) is 0.312. The summed E-state index contributed by atoms with van der Waals surface area (Å²) in [7, 11) is -3.88. The number of aromatic hydroxyl groups is 1. The van der Waals surface area contributed by atoms with Crippen molar-refractivity contribution in [3.8, 4) is 5.88 Å². The summed E-state index contributed by atoms with van der Waals surface area (Å²) in [4.78, 5) is 14.5. The number of sulfonamides is 1. The van der Waals surface area contributed by atoms with E-state index in [1.54, 1.807) is 26.0 Å². The highest BCUT2D eigenvalue weighted by Crippen LogP contribution is 2.13. The molecule has 0 saturated heterocycles. The first kappa shape index (κ1) is 19.9. The number of rotatable bonds is 6. The van der Waals surface area contributed by atoms with Crippen LogP contribution in [0.5, 0.6) is 5.88 Å². The highest BCUT2D eigenvalue weighted by molar-refractivity contribution is 7.89. The van der Waals surface area contributed by atoms with Gasteiger partial charge in [-0.2, -0.15) is 13.5 Å². The Kier molecular flexibility index (Phi) is 5.98. The molecule has 0 atom stereocenters. The molecule has 0 unspecified atom stereocenters. The first-order valence-corrected chi connectivity index (χ1v) is 9.80. The molecule has 1 heterocycles. The van der Waals surface area contributed by atoms with E-state index in [1.165, 1.54) is 21.3 Å². The first-order valence-electron chi connectivity index (χ1n) is 7.91. The second kappa shape index (κ2) is 7.83. The molecule has 0 radical (unpaired) electrons. The zero-order chi connectivity index (χ0) is 19.5. The summed E-state index contributed by atoms with van der Waals surface area (Å²) < 4.78 is 27.3. The molecule has 2 aromatic rings. The fourth-order valence-electron chi connectivity index (χ4n) is 2.32. The van der Waals surface area contributed by atoms with Crippen LogP contribution in [0, 0.1) is 11.7 Å². The second-order valence-electron chi connectivity index (χ2n) is 5.48. The Labute approximate surface area is 156 Å². The molecule has 0 spiro atoms. The van der Waals surface area contributed by atoms with Gasteiger partial charge in [0.2, 0.25) is 5.88 Å². The lowest BCUT2D eigenvalue weighted by Gasteiger charge is -2.13. The highest BCUT2D eigenvalue weighted by Gasteiger charge is 2.15. The predicted octanol–water partition coefficient (Wildman–Crippen LogP) is 1.75. The van der Waals surface area contributed by atoms with Crippen molar-refractivity contribution in [1.82, 2.24) is 14.0 Å². The van der Waals surface area contributed by atoms with Gasteiger partial charge in [-0.3, -0.25) is 13.9 Å². The Morgan fingerprint density at radius 3 is 2.31 bits per heavy atom. The third-order valence-electron chi connectivity index (χ3n) is 3.76. The topological polar surface area (TPSA) is 106 Å². The summed E-state index contributed by atoms with van der Waals surface area (Å²) in [5.41, 5.74) is 0.234. The number of aromatic nitrogens is 2. The summed E-state index contributed by atoms with van der Waals surface area (Å²) in [6, 6.07) is 6.23. The molecular formula is C16H20N4O4S2. The normalized spacial score (nSPS) is 11.8. The Balaban J connectivity index is 2.41. The van der Waals surface area contributed by atoms with Crippen LogP contribution in [0.2, 0.25) is 0 Å². The molecule has 1 aromatic heterocycles. The van der Waals surface area contributed by atoms with Crippen molar-refractivity contribution >= 4 is 28.5 Å². The van der Waals surface area contributed by atoms with Gasteiger partial charge >= 0.3 is 0 Å². The van der Waals surface area contributed by atoms with Crippen LogP contribution >= 0.6 is 12.2 Å². The monoisotopic (exact) mass is 396 g/mol. The van der Waals surface area contributed by atoms with Crippen molar-refractivity contribution < 1.29 is 13.5 Å². The van der Waals surface area contributed by atoms with Gasteiger partial charge in [0, 0.05) is 13.1 Å². The zero-order valence-corrected chi connectivity index (χ0v) is 16.3. The van der Waals surface area contributed by atoms with E-state index in [-0.39, 0.29) is 21.1 Å². The molecule has 2 N–H and O–H groups in total. The van der Waals surface area contributed by atoms with E-state index >= 15 is 0 Å². The van der Waals surface area contributed by atoms with Gasteiger partial charge < -0.3 is 5.11 Å². The van der Waals surface area contributed by atoms with Gasteiger partial charge in [0.25, 0.3) is 15.6 Å². The molecule has 0 amide bonds. The van der Waals surface area contributed by atoms with Gasteiger partial charge in [0.15, 0.2) is 4.77 Å². The average Bonchev–Trinajstić information content (AvgIpc) is 2.59. The van der Waals surface area contributed by atoms with Crippen LogP contribution in [0.1, 0.15) is 25.0 Å². The van der Waals surface area contributed by atoms with Crippen LogP contribution < -0.4 is 10.4 Å². The molecule has 1 aromatic carbocycles. The minimum absolute atomic E-state index is 0.0416. The number of hydrazone groups is 1. The van der Waals surface area contributed by atoms with Gasteiger partial charge in [-0.1, -0.05) is 17.7 Å². The Morgan fingerprint density at radius 1 is 1.19 bits per heavy atom. The van der Waals surface area contributed by atoms with E-state index in [9.17, 15) is 18.3 Å². The molecule has 0 bridgehead atoms. The van der Waals surface area contributed by atoms with Crippen molar-refractivity contribution in [2.75, 3.05) is 0 Å². The largest absolute Gasteiger partial charge is 0.494 e.